The molecular weight excluding hydrogens is 435 g/mol. The van der Waals surface area contributed by atoms with Crippen LogP contribution in [0.2, 0.25) is 15.1 Å². The van der Waals surface area contributed by atoms with Crippen molar-refractivity contribution in [2.45, 2.75) is 12.5 Å². The number of aryl methyl sites for hydroxylation is 1. The van der Waals surface area contributed by atoms with Crippen LogP contribution >= 0.6 is 34.8 Å². The number of hydrogen-bond donors (Lipinski definition) is 1. The molecule has 0 spiro atoms. The molecule has 1 amide bonds. The quantitative estimate of drug-likeness (QED) is 0.572. The van der Waals surface area contributed by atoms with Gasteiger partial charge in [-0.1, -0.05) is 52.1 Å². The highest BCUT2D eigenvalue weighted by Crippen LogP contribution is 2.30. The fraction of sp³-hybridized carbons (Fsp3) is 0.150. The van der Waals surface area contributed by atoms with Crippen molar-refractivity contribution in [3.63, 3.8) is 0 Å². The highest BCUT2D eigenvalue weighted by Gasteiger charge is 2.27. The summed E-state index contributed by atoms with van der Waals surface area (Å²) in [5, 5.41) is 12.8. The summed E-state index contributed by atoms with van der Waals surface area (Å²) < 4.78 is 1.49. The van der Waals surface area contributed by atoms with E-state index in [0.717, 1.165) is 5.56 Å². The second kappa shape index (κ2) is 8.06. The van der Waals surface area contributed by atoms with Crippen molar-refractivity contribution < 1.29 is 9.63 Å². The van der Waals surface area contributed by atoms with Crippen LogP contribution in [-0.4, -0.2) is 21.4 Å². The first-order valence-electron chi connectivity index (χ1n) is 8.69. The fourth-order valence-corrected chi connectivity index (χ4v) is 3.56. The molecule has 29 heavy (non-hydrogen) atoms. The van der Waals surface area contributed by atoms with E-state index >= 15 is 0 Å². The van der Waals surface area contributed by atoms with Gasteiger partial charge < -0.3 is 10.2 Å². The number of rotatable bonds is 4. The van der Waals surface area contributed by atoms with Crippen molar-refractivity contribution in [2.24, 2.45) is 12.2 Å². The maximum absolute atomic E-state index is 12.7. The first kappa shape index (κ1) is 19.8. The number of oxime groups is 1. The summed E-state index contributed by atoms with van der Waals surface area (Å²) in [5.74, 6) is -0.343. The van der Waals surface area contributed by atoms with Crippen LogP contribution in [0.1, 0.15) is 34.3 Å². The van der Waals surface area contributed by atoms with Crippen molar-refractivity contribution in [3.8, 4) is 0 Å². The first-order chi connectivity index (χ1) is 13.9. The number of halogens is 3. The molecule has 3 aromatic rings. The van der Waals surface area contributed by atoms with Crippen molar-refractivity contribution >= 4 is 52.1 Å². The molecule has 1 N–H and O–H groups in total. The average molecular weight is 450 g/mol. The lowest BCUT2D eigenvalue weighted by Crippen LogP contribution is -2.16. The molecule has 0 bridgehead atoms. The van der Waals surface area contributed by atoms with E-state index in [2.05, 4.69) is 15.6 Å². The maximum Gasteiger partial charge on any atom is 0.273 e. The lowest BCUT2D eigenvalue weighted by Gasteiger charge is -2.07. The summed E-state index contributed by atoms with van der Waals surface area (Å²) in [7, 11) is 1.69. The van der Waals surface area contributed by atoms with Crippen LogP contribution in [0, 0.1) is 0 Å². The third-order valence-corrected chi connectivity index (χ3v) is 5.30. The normalized spacial score (nSPS) is 15.7. The zero-order valence-corrected chi connectivity index (χ0v) is 17.5. The van der Waals surface area contributed by atoms with E-state index in [1.54, 1.807) is 31.3 Å². The average Bonchev–Trinajstić information content (AvgIpc) is 3.31. The molecule has 0 radical (unpaired) electrons. The number of hydrogen-bond acceptors (Lipinski definition) is 4. The molecule has 1 aromatic heterocycles. The van der Waals surface area contributed by atoms with Gasteiger partial charge in [0.15, 0.2) is 6.10 Å². The number of carbonyl (C=O) groups is 1. The van der Waals surface area contributed by atoms with Crippen molar-refractivity contribution in [2.75, 3.05) is 5.32 Å². The van der Waals surface area contributed by atoms with Crippen LogP contribution in [0.25, 0.3) is 0 Å². The molecular formula is C20H15Cl3N4O2. The second-order valence-electron chi connectivity index (χ2n) is 6.50. The molecule has 2 heterocycles. The van der Waals surface area contributed by atoms with Crippen molar-refractivity contribution in [1.82, 2.24) is 9.78 Å². The van der Waals surface area contributed by atoms with E-state index in [4.69, 9.17) is 39.6 Å². The van der Waals surface area contributed by atoms with Gasteiger partial charge >= 0.3 is 0 Å². The molecule has 0 fully saturated rings. The monoisotopic (exact) mass is 448 g/mol. The zero-order valence-electron chi connectivity index (χ0n) is 15.2. The summed E-state index contributed by atoms with van der Waals surface area (Å²) in [5.41, 5.74) is 3.05. The van der Waals surface area contributed by atoms with Crippen LogP contribution in [-0.2, 0) is 11.9 Å². The van der Waals surface area contributed by atoms with Gasteiger partial charge in [0, 0.05) is 23.5 Å². The second-order valence-corrected chi connectivity index (χ2v) is 7.78. The number of amides is 1. The third-order valence-electron chi connectivity index (χ3n) is 4.50. The van der Waals surface area contributed by atoms with Gasteiger partial charge in [0.1, 0.15) is 17.1 Å². The minimum absolute atomic E-state index is 0.213. The zero-order chi connectivity index (χ0) is 20.5. The molecule has 1 unspecified atom stereocenters. The van der Waals surface area contributed by atoms with Crippen LogP contribution in [0.3, 0.4) is 0 Å². The van der Waals surface area contributed by atoms with E-state index in [9.17, 15) is 4.79 Å². The number of anilines is 1. The number of carbonyl (C=O) groups excluding carboxylic acids is 1. The van der Waals surface area contributed by atoms with Gasteiger partial charge in [0.2, 0.25) is 0 Å². The summed E-state index contributed by atoms with van der Waals surface area (Å²) in [6.07, 6.45) is 0.331. The van der Waals surface area contributed by atoms with Gasteiger partial charge in [-0.3, -0.25) is 9.48 Å². The number of nitrogens with zero attached hydrogens (tertiary/aromatic N) is 3. The van der Waals surface area contributed by atoms with E-state index in [1.807, 2.05) is 24.3 Å². The molecule has 9 heteroatoms. The third kappa shape index (κ3) is 4.24. The largest absolute Gasteiger partial charge is 0.387 e. The lowest BCUT2D eigenvalue weighted by molar-refractivity contribution is 0.0857. The number of aromatic nitrogens is 2. The van der Waals surface area contributed by atoms with E-state index in [-0.39, 0.29) is 12.0 Å². The van der Waals surface area contributed by atoms with Gasteiger partial charge in [-0.05, 0) is 42.0 Å². The Morgan fingerprint density at radius 2 is 1.83 bits per heavy atom. The fourth-order valence-electron chi connectivity index (χ4n) is 2.98. The molecule has 0 saturated heterocycles. The van der Waals surface area contributed by atoms with Gasteiger partial charge in [-0.2, -0.15) is 5.10 Å². The molecule has 1 aliphatic heterocycles. The van der Waals surface area contributed by atoms with Gasteiger partial charge in [0.25, 0.3) is 5.91 Å². The highest BCUT2D eigenvalue weighted by atomic mass is 35.5. The summed E-state index contributed by atoms with van der Waals surface area (Å²) in [6.45, 7) is 0. The Labute approximate surface area is 182 Å². The Morgan fingerprint density at radius 3 is 2.55 bits per heavy atom. The van der Waals surface area contributed by atoms with E-state index < -0.39 is 0 Å². The Morgan fingerprint density at radius 1 is 1.10 bits per heavy atom. The Bertz CT molecular complexity index is 1110. The van der Waals surface area contributed by atoms with E-state index in [0.29, 0.717) is 44.3 Å². The predicted octanol–water partition coefficient (Wildman–Crippen LogP) is 5.50. The minimum Gasteiger partial charge on any atom is -0.387 e. The topological polar surface area (TPSA) is 68.5 Å². The van der Waals surface area contributed by atoms with Gasteiger partial charge in [-0.15, -0.1) is 0 Å². The Hall–Kier alpha value is -2.54. The SMILES string of the molecule is Cn1nc(C2=NOC(c3ccc(Cl)cc3)C2)cc1C(=O)Nc1ccc(Cl)cc1Cl. The molecule has 1 aliphatic rings. The molecule has 0 aliphatic carbocycles. The maximum atomic E-state index is 12.7. The summed E-state index contributed by atoms with van der Waals surface area (Å²) >= 11 is 18.0. The van der Waals surface area contributed by atoms with Gasteiger partial charge in [-0.25, -0.2) is 0 Å². The molecule has 0 saturated carbocycles. The Kier molecular flexibility index (Phi) is 5.50. The number of nitrogens with one attached hydrogen (secondary N) is 1. The van der Waals surface area contributed by atoms with Crippen LogP contribution in [0.5, 0.6) is 0 Å². The van der Waals surface area contributed by atoms with Crippen LogP contribution < -0.4 is 5.32 Å². The molecule has 6 nitrogen and oxygen atoms in total. The molecule has 2 aromatic carbocycles. The molecule has 4 rings (SSSR count). The summed E-state index contributed by atoms with van der Waals surface area (Å²) in [4.78, 5) is 18.2. The van der Waals surface area contributed by atoms with Crippen molar-refractivity contribution in [3.05, 3.63) is 80.6 Å². The Balaban J connectivity index is 1.49. The van der Waals surface area contributed by atoms with E-state index in [1.165, 1.54) is 4.68 Å². The molecule has 1 atom stereocenters. The van der Waals surface area contributed by atoms with Crippen LogP contribution in [0.15, 0.2) is 53.7 Å². The lowest BCUT2D eigenvalue weighted by atomic mass is 10.0. The number of benzene rings is 2. The minimum atomic E-state index is -0.343. The highest BCUT2D eigenvalue weighted by molar-refractivity contribution is 6.36. The predicted molar refractivity (Wildman–Crippen MR) is 114 cm³/mol. The van der Waals surface area contributed by atoms with Crippen molar-refractivity contribution in [1.29, 1.82) is 0 Å². The molecule has 148 valence electrons. The first-order valence-corrected chi connectivity index (χ1v) is 9.83. The summed E-state index contributed by atoms with van der Waals surface area (Å²) in [6, 6.07) is 14.0. The van der Waals surface area contributed by atoms with Gasteiger partial charge in [0.05, 0.1) is 10.7 Å². The smallest absolute Gasteiger partial charge is 0.273 e. The standard InChI is InChI=1S/C20H15Cl3N4O2/c1-27-18(20(28)24-15-7-6-13(22)8-14(15)23)9-16(25-27)17-10-19(29-26-17)11-2-4-12(21)5-3-11/h2-9,19H,10H2,1H3,(H,24,28). The van der Waals surface area contributed by atoms with Crippen LogP contribution in [0.4, 0.5) is 5.69 Å².